The zero-order chi connectivity index (χ0) is 13.2. The Hall–Kier alpha value is -1.06. The van der Waals surface area contributed by atoms with E-state index in [4.69, 9.17) is 10.5 Å². The molecule has 0 unspecified atom stereocenters. The lowest BCUT2D eigenvalue weighted by Gasteiger charge is -2.54. The van der Waals surface area contributed by atoms with Crippen LogP contribution >= 0.6 is 0 Å². The standard InChI is InChI=1S/C15H24N2O/c1-4-17(14-8-6-5-7-12(14)2)15(11-16)9-13(10-15)18-3/h5-8,13H,4,9-11,16H2,1-3H3. The summed E-state index contributed by atoms with van der Waals surface area (Å²) >= 11 is 0. The summed E-state index contributed by atoms with van der Waals surface area (Å²) in [5.74, 6) is 0. The highest BCUT2D eigenvalue weighted by molar-refractivity contribution is 5.56. The molecule has 1 saturated carbocycles. The van der Waals surface area contributed by atoms with Gasteiger partial charge in [0.15, 0.2) is 0 Å². The predicted octanol–water partition coefficient (Wildman–Crippen LogP) is 2.33. The molecule has 3 heteroatoms. The fraction of sp³-hybridized carbons (Fsp3) is 0.600. The number of ether oxygens (including phenoxy) is 1. The van der Waals surface area contributed by atoms with Gasteiger partial charge in [-0.25, -0.2) is 0 Å². The van der Waals surface area contributed by atoms with Crippen molar-refractivity contribution in [2.24, 2.45) is 5.73 Å². The zero-order valence-corrected chi connectivity index (χ0v) is 11.6. The summed E-state index contributed by atoms with van der Waals surface area (Å²) in [5.41, 5.74) is 8.76. The number of anilines is 1. The normalized spacial score (nSPS) is 26.8. The van der Waals surface area contributed by atoms with Crippen LogP contribution in [0.2, 0.25) is 0 Å². The lowest BCUT2D eigenvalue weighted by molar-refractivity contribution is -0.0138. The SMILES string of the molecule is CCN(c1ccccc1C)C1(CN)CC(OC)C1. The molecular weight excluding hydrogens is 224 g/mol. The van der Waals surface area contributed by atoms with E-state index in [2.05, 4.69) is 43.0 Å². The van der Waals surface area contributed by atoms with Crippen LogP contribution in [-0.4, -0.2) is 31.8 Å². The van der Waals surface area contributed by atoms with E-state index in [1.54, 1.807) is 7.11 Å². The zero-order valence-electron chi connectivity index (χ0n) is 11.6. The van der Waals surface area contributed by atoms with E-state index < -0.39 is 0 Å². The molecule has 2 N–H and O–H groups in total. The Morgan fingerprint density at radius 3 is 2.56 bits per heavy atom. The largest absolute Gasteiger partial charge is 0.381 e. The molecule has 1 aromatic rings. The van der Waals surface area contributed by atoms with Crippen LogP contribution in [0.5, 0.6) is 0 Å². The Kier molecular flexibility index (Phi) is 3.93. The molecule has 0 atom stereocenters. The number of nitrogens with zero attached hydrogens (tertiary/aromatic N) is 1. The van der Waals surface area contributed by atoms with Gasteiger partial charge in [0, 0.05) is 25.9 Å². The minimum atomic E-state index is 0.0849. The molecule has 0 radical (unpaired) electrons. The van der Waals surface area contributed by atoms with Gasteiger partial charge in [-0.05, 0) is 38.3 Å². The number of para-hydroxylation sites is 1. The number of nitrogens with two attached hydrogens (primary N) is 1. The maximum absolute atomic E-state index is 6.05. The highest BCUT2D eigenvalue weighted by atomic mass is 16.5. The number of aryl methyl sites for hydroxylation is 1. The van der Waals surface area contributed by atoms with Crippen molar-refractivity contribution in [1.29, 1.82) is 0 Å². The van der Waals surface area contributed by atoms with Crippen molar-refractivity contribution in [3.8, 4) is 0 Å². The molecule has 1 aliphatic rings. The van der Waals surface area contributed by atoms with Crippen LogP contribution in [0.3, 0.4) is 0 Å². The highest BCUT2D eigenvalue weighted by Gasteiger charge is 2.47. The molecule has 1 aliphatic carbocycles. The van der Waals surface area contributed by atoms with E-state index >= 15 is 0 Å². The van der Waals surface area contributed by atoms with Gasteiger partial charge in [-0.3, -0.25) is 0 Å². The molecule has 0 aliphatic heterocycles. The van der Waals surface area contributed by atoms with Gasteiger partial charge in [0.25, 0.3) is 0 Å². The van der Waals surface area contributed by atoms with Gasteiger partial charge in [-0.2, -0.15) is 0 Å². The Labute approximate surface area is 110 Å². The molecule has 1 aromatic carbocycles. The van der Waals surface area contributed by atoms with Crippen LogP contribution in [0.15, 0.2) is 24.3 Å². The third kappa shape index (κ3) is 2.13. The van der Waals surface area contributed by atoms with Crippen molar-refractivity contribution in [1.82, 2.24) is 0 Å². The first kappa shape index (κ1) is 13.4. The molecule has 0 aromatic heterocycles. The minimum Gasteiger partial charge on any atom is -0.381 e. The van der Waals surface area contributed by atoms with Gasteiger partial charge in [0.2, 0.25) is 0 Å². The molecule has 0 spiro atoms. The van der Waals surface area contributed by atoms with E-state index in [-0.39, 0.29) is 5.54 Å². The van der Waals surface area contributed by atoms with E-state index in [9.17, 15) is 0 Å². The van der Waals surface area contributed by atoms with E-state index in [1.807, 2.05) is 0 Å². The molecule has 3 nitrogen and oxygen atoms in total. The number of hydrogen-bond acceptors (Lipinski definition) is 3. The first-order valence-electron chi connectivity index (χ1n) is 6.73. The average Bonchev–Trinajstić information content (AvgIpc) is 2.35. The van der Waals surface area contributed by atoms with Gasteiger partial charge in [-0.1, -0.05) is 18.2 Å². The van der Waals surface area contributed by atoms with Crippen LogP contribution in [0.4, 0.5) is 5.69 Å². The Bertz CT molecular complexity index is 399. The van der Waals surface area contributed by atoms with E-state index in [0.717, 1.165) is 19.4 Å². The average molecular weight is 248 g/mol. The van der Waals surface area contributed by atoms with Gasteiger partial charge < -0.3 is 15.4 Å². The number of hydrogen-bond donors (Lipinski definition) is 1. The molecule has 0 amide bonds. The first-order chi connectivity index (χ1) is 8.66. The summed E-state index contributed by atoms with van der Waals surface area (Å²) < 4.78 is 5.42. The van der Waals surface area contributed by atoms with Crippen molar-refractivity contribution >= 4 is 5.69 Å². The summed E-state index contributed by atoms with van der Waals surface area (Å²) in [5, 5.41) is 0. The van der Waals surface area contributed by atoms with Crippen LogP contribution in [0.1, 0.15) is 25.3 Å². The predicted molar refractivity (Wildman–Crippen MR) is 76.0 cm³/mol. The third-order valence-electron chi connectivity index (χ3n) is 4.22. The van der Waals surface area contributed by atoms with Crippen molar-refractivity contribution in [3.05, 3.63) is 29.8 Å². The van der Waals surface area contributed by atoms with Crippen LogP contribution in [0.25, 0.3) is 0 Å². The molecule has 2 rings (SSSR count). The molecular formula is C15H24N2O. The van der Waals surface area contributed by atoms with Gasteiger partial charge in [0.05, 0.1) is 11.6 Å². The molecule has 0 saturated heterocycles. The number of methoxy groups -OCH3 is 1. The maximum Gasteiger partial charge on any atom is 0.0617 e. The maximum atomic E-state index is 6.05. The monoisotopic (exact) mass is 248 g/mol. The van der Waals surface area contributed by atoms with Crippen molar-refractivity contribution in [3.63, 3.8) is 0 Å². The quantitative estimate of drug-likeness (QED) is 0.869. The summed E-state index contributed by atoms with van der Waals surface area (Å²) in [6.07, 6.45) is 2.43. The second-order valence-corrected chi connectivity index (χ2v) is 5.23. The molecule has 18 heavy (non-hydrogen) atoms. The van der Waals surface area contributed by atoms with Crippen molar-refractivity contribution < 1.29 is 4.74 Å². The minimum absolute atomic E-state index is 0.0849. The number of benzene rings is 1. The Balaban J connectivity index is 2.26. The molecule has 1 fully saturated rings. The fourth-order valence-corrected chi connectivity index (χ4v) is 3.08. The fourth-order valence-electron chi connectivity index (χ4n) is 3.08. The van der Waals surface area contributed by atoms with Crippen LogP contribution in [-0.2, 0) is 4.74 Å². The molecule has 0 heterocycles. The van der Waals surface area contributed by atoms with Gasteiger partial charge in [0.1, 0.15) is 0 Å². The van der Waals surface area contributed by atoms with E-state index in [0.29, 0.717) is 12.6 Å². The number of rotatable bonds is 5. The second kappa shape index (κ2) is 5.29. The van der Waals surface area contributed by atoms with Crippen molar-refractivity contribution in [2.45, 2.75) is 38.3 Å². The van der Waals surface area contributed by atoms with Crippen LogP contribution < -0.4 is 10.6 Å². The second-order valence-electron chi connectivity index (χ2n) is 5.23. The third-order valence-corrected chi connectivity index (χ3v) is 4.22. The smallest absolute Gasteiger partial charge is 0.0617 e. The summed E-state index contributed by atoms with van der Waals surface area (Å²) in [7, 11) is 1.79. The van der Waals surface area contributed by atoms with Crippen LogP contribution in [0, 0.1) is 6.92 Å². The lowest BCUT2D eigenvalue weighted by Crippen LogP contribution is -2.64. The molecule has 100 valence electrons. The van der Waals surface area contributed by atoms with Gasteiger partial charge >= 0.3 is 0 Å². The lowest BCUT2D eigenvalue weighted by atomic mass is 9.72. The topological polar surface area (TPSA) is 38.5 Å². The highest BCUT2D eigenvalue weighted by Crippen LogP contribution is 2.41. The summed E-state index contributed by atoms with van der Waals surface area (Å²) in [4.78, 5) is 2.46. The van der Waals surface area contributed by atoms with Crippen molar-refractivity contribution in [2.75, 3.05) is 25.1 Å². The van der Waals surface area contributed by atoms with Gasteiger partial charge in [-0.15, -0.1) is 0 Å². The summed E-state index contributed by atoms with van der Waals surface area (Å²) in [6.45, 7) is 6.03. The van der Waals surface area contributed by atoms with E-state index in [1.165, 1.54) is 11.3 Å². The summed E-state index contributed by atoms with van der Waals surface area (Å²) in [6, 6.07) is 8.53. The number of likely N-dealkylation sites (N-methyl/N-ethyl adjacent to an activating group) is 1. The first-order valence-corrected chi connectivity index (χ1v) is 6.73. The molecule has 0 bridgehead atoms. The Morgan fingerprint density at radius 1 is 1.39 bits per heavy atom. The Morgan fingerprint density at radius 2 is 2.06 bits per heavy atom.